The van der Waals surface area contributed by atoms with Gasteiger partial charge >= 0.3 is 0 Å². The van der Waals surface area contributed by atoms with Gasteiger partial charge in [0.05, 0.1) is 0 Å². The minimum atomic E-state index is -0.275. The summed E-state index contributed by atoms with van der Waals surface area (Å²) in [6.45, 7) is 1.88. The Morgan fingerprint density at radius 2 is 2.04 bits per heavy atom. The normalized spacial score (nSPS) is 13.7. The van der Waals surface area contributed by atoms with Crippen molar-refractivity contribution in [2.75, 3.05) is 5.32 Å². The van der Waals surface area contributed by atoms with Crippen LogP contribution in [0.15, 0.2) is 24.4 Å². The first-order chi connectivity index (χ1) is 11.0. The van der Waals surface area contributed by atoms with Crippen molar-refractivity contribution < 1.29 is 9.59 Å². The second-order valence-electron chi connectivity index (χ2n) is 5.77. The van der Waals surface area contributed by atoms with Crippen LogP contribution in [0.5, 0.6) is 0 Å². The molecule has 3 N–H and O–H groups in total. The zero-order valence-electron chi connectivity index (χ0n) is 13.0. The van der Waals surface area contributed by atoms with E-state index in [1.165, 1.54) is 0 Å². The maximum atomic E-state index is 12.4. The van der Waals surface area contributed by atoms with Crippen LogP contribution >= 0.6 is 12.2 Å². The fourth-order valence-electron chi connectivity index (χ4n) is 2.23. The van der Waals surface area contributed by atoms with Gasteiger partial charge in [0.1, 0.15) is 5.69 Å². The van der Waals surface area contributed by atoms with Crippen molar-refractivity contribution >= 4 is 29.7 Å². The summed E-state index contributed by atoms with van der Waals surface area (Å²) in [7, 11) is 1.72. The first kappa shape index (κ1) is 15.5. The average Bonchev–Trinajstić information content (AvgIpc) is 3.26. The molecule has 1 aromatic carbocycles. The predicted molar refractivity (Wildman–Crippen MR) is 90.2 cm³/mol. The van der Waals surface area contributed by atoms with E-state index in [2.05, 4.69) is 15.6 Å². The Bertz CT molecular complexity index is 833. The minimum absolute atomic E-state index is 0.108. The number of carbonyl (C=O) groups is 2. The largest absolute Gasteiger partial charge is 0.349 e. The highest BCUT2D eigenvalue weighted by molar-refractivity contribution is 7.71. The zero-order chi connectivity index (χ0) is 16.6. The van der Waals surface area contributed by atoms with Gasteiger partial charge in [-0.3, -0.25) is 9.59 Å². The molecule has 3 rings (SSSR count). The Labute approximate surface area is 138 Å². The number of amides is 2. The topological polar surface area (TPSA) is 78.9 Å². The fraction of sp³-hybridized carbons (Fsp3) is 0.312. The summed E-state index contributed by atoms with van der Waals surface area (Å²) in [6.07, 6.45) is 3.64. The van der Waals surface area contributed by atoms with Crippen LogP contribution in [0.1, 0.15) is 39.3 Å². The number of anilines is 1. The first-order valence-corrected chi connectivity index (χ1v) is 7.84. The molecule has 0 radical (unpaired) electrons. The molecule has 7 heteroatoms. The van der Waals surface area contributed by atoms with Gasteiger partial charge in [-0.2, -0.15) is 0 Å². The van der Waals surface area contributed by atoms with Crippen molar-refractivity contribution in [1.29, 1.82) is 0 Å². The van der Waals surface area contributed by atoms with Crippen molar-refractivity contribution in [3.8, 4) is 0 Å². The predicted octanol–water partition coefficient (Wildman–Crippen LogP) is 2.54. The monoisotopic (exact) mass is 330 g/mol. The highest BCUT2D eigenvalue weighted by Crippen LogP contribution is 2.21. The number of aromatic amines is 1. The van der Waals surface area contributed by atoms with Gasteiger partial charge < -0.3 is 20.2 Å². The van der Waals surface area contributed by atoms with Crippen molar-refractivity contribution in [1.82, 2.24) is 14.9 Å². The number of hydrogen-bond donors (Lipinski definition) is 3. The van der Waals surface area contributed by atoms with Gasteiger partial charge in [0.25, 0.3) is 11.8 Å². The summed E-state index contributed by atoms with van der Waals surface area (Å²) < 4.78 is 2.08. The van der Waals surface area contributed by atoms with Crippen molar-refractivity contribution in [2.45, 2.75) is 25.8 Å². The fourth-order valence-corrected chi connectivity index (χ4v) is 2.39. The minimum Gasteiger partial charge on any atom is -0.349 e. The molecule has 6 nitrogen and oxygen atoms in total. The van der Waals surface area contributed by atoms with Crippen molar-refractivity contribution in [2.24, 2.45) is 7.05 Å². The SMILES string of the molecule is Cc1ccc(C(=O)NC2CC2)cc1NC(=O)c1c[nH]c(=S)n1C. The van der Waals surface area contributed by atoms with Gasteiger partial charge in [-0.15, -0.1) is 0 Å². The molecular formula is C16H18N4O2S. The summed E-state index contributed by atoms with van der Waals surface area (Å²) in [5.74, 6) is -0.384. The second-order valence-corrected chi connectivity index (χ2v) is 6.16. The molecule has 1 saturated carbocycles. The number of nitrogens with one attached hydrogen (secondary N) is 3. The quantitative estimate of drug-likeness (QED) is 0.754. The van der Waals surface area contributed by atoms with Crippen LogP contribution in [0, 0.1) is 11.7 Å². The first-order valence-electron chi connectivity index (χ1n) is 7.43. The molecule has 2 amide bonds. The van der Waals surface area contributed by atoms with Gasteiger partial charge in [0.2, 0.25) is 0 Å². The van der Waals surface area contributed by atoms with E-state index in [4.69, 9.17) is 12.2 Å². The summed E-state index contributed by atoms with van der Waals surface area (Å²) in [5.41, 5.74) is 2.48. The van der Waals surface area contributed by atoms with E-state index in [9.17, 15) is 9.59 Å². The average molecular weight is 330 g/mol. The second kappa shape index (κ2) is 6.00. The molecular weight excluding hydrogens is 312 g/mol. The lowest BCUT2D eigenvalue weighted by atomic mass is 10.1. The molecule has 0 spiro atoms. The number of aromatic nitrogens is 2. The highest BCUT2D eigenvalue weighted by atomic mass is 32.1. The number of aryl methyl sites for hydroxylation is 1. The van der Waals surface area contributed by atoms with Crippen LogP contribution in [0.2, 0.25) is 0 Å². The van der Waals surface area contributed by atoms with Gasteiger partial charge in [0, 0.05) is 30.5 Å². The van der Waals surface area contributed by atoms with E-state index in [-0.39, 0.29) is 11.8 Å². The third kappa shape index (κ3) is 3.34. The van der Waals surface area contributed by atoms with Crippen LogP contribution < -0.4 is 10.6 Å². The maximum Gasteiger partial charge on any atom is 0.273 e. The molecule has 0 bridgehead atoms. The van der Waals surface area contributed by atoms with E-state index in [0.29, 0.717) is 27.8 Å². The molecule has 23 heavy (non-hydrogen) atoms. The van der Waals surface area contributed by atoms with E-state index in [0.717, 1.165) is 18.4 Å². The van der Waals surface area contributed by atoms with E-state index >= 15 is 0 Å². The number of rotatable bonds is 4. The van der Waals surface area contributed by atoms with E-state index < -0.39 is 0 Å². The van der Waals surface area contributed by atoms with Gasteiger partial charge in [-0.05, 0) is 49.7 Å². The third-order valence-electron chi connectivity index (χ3n) is 3.89. The smallest absolute Gasteiger partial charge is 0.273 e. The molecule has 0 unspecified atom stereocenters. The van der Waals surface area contributed by atoms with Crippen molar-refractivity contribution in [3.05, 3.63) is 46.0 Å². The maximum absolute atomic E-state index is 12.4. The lowest BCUT2D eigenvalue weighted by molar-refractivity contribution is 0.0949. The Morgan fingerprint density at radius 1 is 1.30 bits per heavy atom. The van der Waals surface area contributed by atoms with Gasteiger partial charge in [-0.25, -0.2) is 0 Å². The molecule has 2 aromatic rings. The number of benzene rings is 1. The molecule has 1 fully saturated rings. The Hall–Kier alpha value is -2.41. The number of carbonyl (C=O) groups excluding carboxylic acids is 2. The van der Waals surface area contributed by atoms with Gasteiger partial charge in [-0.1, -0.05) is 6.07 Å². The Kier molecular flexibility index (Phi) is 4.04. The molecule has 120 valence electrons. The third-order valence-corrected chi connectivity index (χ3v) is 4.28. The number of H-pyrrole nitrogens is 1. The summed E-state index contributed by atoms with van der Waals surface area (Å²) in [6, 6.07) is 5.59. The molecule has 0 aliphatic heterocycles. The summed E-state index contributed by atoms with van der Waals surface area (Å²) >= 11 is 5.06. The highest BCUT2D eigenvalue weighted by Gasteiger charge is 2.24. The lowest BCUT2D eigenvalue weighted by Gasteiger charge is -2.11. The number of nitrogens with zero attached hydrogens (tertiary/aromatic N) is 1. The molecule has 1 aliphatic rings. The molecule has 1 heterocycles. The number of imidazole rings is 1. The molecule has 0 atom stereocenters. The molecule has 0 saturated heterocycles. The van der Waals surface area contributed by atoms with Crippen LogP contribution in [-0.4, -0.2) is 27.4 Å². The van der Waals surface area contributed by atoms with E-state index in [1.54, 1.807) is 29.9 Å². The van der Waals surface area contributed by atoms with E-state index in [1.807, 2.05) is 13.0 Å². The zero-order valence-corrected chi connectivity index (χ0v) is 13.8. The van der Waals surface area contributed by atoms with Crippen LogP contribution in [-0.2, 0) is 7.05 Å². The standard InChI is InChI=1S/C16H18N4O2S/c1-9-3-4-10(14(21)18-11-5-6-11)7-12(9)19-15(22)13-8-17-16(23)20(13)2/h3-4,7-8,11H,5-6H2,1-2H3,(H,17,23)(H,18,21)(H,19,22). The Morgan fingerprint density at radius 3 is 2.65 bits per heavy atom. The molecule has 1 aromatic heterocycles. The lowest BCUT2D eigenvalue weighted by Crippen LogP contribution is -2.25. The number of hydrogen-bond acceptors (Lipinski definition) is 3. The van der Waals surface area contributed by atoms with Crippen LogP contribution in [0.4, 0.5) is 5.69 Å². The van der Waals surface area contributed by atoms with Crippen LogP contribution in [0.3, 0.4) is 0 Å². The van der Waals surface area contributed by atoms with Crippen LogP contribution in [0.25, 0.3) is 0 Å². The summed E-state index contributed by atoms with van der Waals surface area (Å²) in [4.78, 5) is 27.3. The molecule has 1 aliphatic carbocycles. The Balaban J connectivity index is 1.81. The van der Waals surface area contributed by atoms with Gasteiger partial charge in [0.15, 0.2) is 4.77 Å². The summed E-state index contributed by atoms with van der Waals surface area (Å²) in [5, 5.41) is 5.78. The van der Waals surface area contributed by atoms with Crippen molar-refractivity contribution in [3.63, 3.8) is 0 Å².